The average molecular weight is 1130 g/mol. The van der Waals surface area contributed by atoms with E-state index >= 15 is 0 Å². The minimum atomic E-state index is -1.66. The molecular formula is C61H74O20. The smallest absolute Gasteiger partial charge is 0.378 e. The summed E-state index contributed by atoms with van der Waals surface area (Å²) < 4.78 is 35.0. The van der Waals surface area contributed by atoms with Crippen molar-refractivity contribution in [1.82, 2.24) is 0 Å². The molecule has 0 amide bonds. The molecule has 2 aliphatic heterocycles. The molecule has 0 radical (unpaired) electrons. The topological polar surface area (TPSA) is 302 Å². The average Bonchev–Trinajstić information content (AvgIpc) is 4.04. The normalized spacial score (nSPS) is 22.9. The van der Waals surface area contributed by atoms with Crippen molar-refractivity contribution in [3.63, 3.8) is 0 Å². The largest absolute Gasteiger partial charge is 0.505 e. The summed E-state index contributed by atoms with van der Waals surface area (Å²) in [6.45, 7) is 17.7. The van der Waals surface area contributed by atoms with E-state index in [9.17, 15) is 63.9 Å². The molecule has 0 spiro atoms. The number of ketones is 2. The molecule has 0 saturated carbocycles. The third-order valence-corrected chi connectivity index (χ3v) is 13.5. The molecule has 0 fully saturated rings. The lowest BCUT2D eigenvalue weighted by Crippen LogP contribution is -2.39. The highest BCUT2D eigenvalue weighted by Crippen LogP contribution is 2.42. The molecule has 5 N–H and O–H groups in total. The first kappa shape index (κ1) is 65.4. The number of rotatable bonds is 25. The van der Waals surface area contributed by atoms with Gasteiger partial charge in [-0.1, -0.05) is 135 Å². The van der Waals surface area contributed by atoms with Crippen molar-refractivity contribution in [1.29, 1.82) is 0 Å². The van der Waals surface area contributed by atoms with Crippen molar-refractivity contribution < 1.29 is 97.0 Å². The van der Waals surface area contributed by atoms with Crippen molar-refractivity contribution in [2.45, 2.75) is 144 Å². The Balaban J connectivity index is 1.20. The van der Waals surface area contributed by atoms with Gasteiger partial charge in [-0.15, -0.1) is 0 Å². The van der Waals surface area contributed by atoms with E-state index in [1.54, 1.807) is 13.8 Å². The van der Waals surface area contributed by atoms with Crippen LogP contribution in [0.15, 0.2) is 153 Å². The first-order valence-corrected chi connectivity index (χ1v) is 26.1. The fraction of sp³-hybridized carbons (Fsp3) is 0.443. The number of ether oxygens (including phenoxy) is 7. The maximum Gasteiger partial charge on any atom is 0.378 e. The van der Waals surface area contributed by atoms with E-state index in [1.807, 2.05) is 140 Å². The van der Waals surface area contributed by atoms with E-state index < -0.39 is 139 Å². The Hall–Kier alpha value is -8.10. The van der Waals surface area contributed by atoms with E-state index in [0.717, 1.165) is 40.5 Å². The molecule has 0 saturated heterocycles. The summed E-state index contributed by atoms with van der Waals surface area (Å²) in [4.78, 5) is 99.6. The second kappa shape index (κ2) is 29.4. The Morgan fingerprint density at radius 3 is 1.28 bits per heavy atom. The molecule has 20 nitrogen and oxygen atoms in total. The van der Waals surface area contributed by atoms with E-state index in [0.29, 0.717) is 11.1 Å². The highest BCUT2D eigenvalue weighted by molar-refractivity contribution is 6.02. The van der Waals surface area contributed by atoms with Gasteiger partial charge in [0, 0.05) is 12.8 Å². The predicted molar refractivity (Wildman–Crippen MR) is 294 cm³/mol. The number of hydrogen-bond acceptors (Lipinski definition) is 20. The number of Topliss-reactive ketones (excluding diaryl/α,β-unsaturated/α-hetero) is 2. The molecule has 4 aliphatic rings. The van der Waals surface area contributed by atoms with Gasteiger partial charge in [0.2, 0.25) is 11.5 Å². The first-order valence-electron chi connectivity index (χ1n) is 26.1. The van der Waals surface area contributed by atoms with Gasteiger partial charge in [-0.3, -0.25) is 28.8 Å². The molecule has 6 unspecified atom stereocenters. The van der Waals surface area contributed by atoms with Crippen LogP contribution in [0.4, 0.5) is 0 Å². The zero-order valence-electron chi connectivity index (χ0n) is 47.6. The van der Waals surface area contributed by atoms with Gasteiger partial charge in [-0.2, -0.15) is 0 Å². The highest BCUT2D eigenvalue weighted by atomic mass is 16.6. The Labute approximate surface area is 471 Å². The van der Waals surface area contributed by atoms with Crippen molar-refractivity contribution in [3.8, 4) is 0 Å². The lowest BCUT2D eigenvalue weighted by Gasteiger charge is -2.36. The fourth-order valence-corrected chi connectivity index (χ4v) is 8.91. The van der Waals surface area contributed by atoms with Gasteiger partial charge < -0.3 is 58.7 Å². The van der Waals surface area contributed by atoms with Crippen LogP contribution in [0.25, 0.3) is 0 Å². The molecule has 6 atom stereocenters. The predicted octanol–water partition coefficient (Wildman–Crippen LogP) is 7.97. The molecule has 4 rings (SSSR count). The summed E-state index contributed by atoms with van der Waals surface area (Å²) >= 11 is 0. The van der Waals surface area contributed by atoms with Crippen LogP contribution in [0, 0.1) is 10.8 Å². The maximum absolute atomic E-state index is 13.4. The van der Waals surface area contributed by atoms with Crippen molar-refractivity contribution in [3.05, 3.63) is 153 Å². The second-order valence-electron chi connectivity index (χ2n) is 21.2. The highest BCUT2D eigenvalue weighted by Gasteiger charge is 2.43. The van der Waals surface area contributed by atoms with Crippen LogP contribution in [-0.2, 0) is 71.5 Å². The number of methoxy groups -OCH3 is 1. The van der Waals surface area contributed by atoms with Crippen LogP contribution >= 0.6 is 0 Å². The first-order chi connectivity index (χ1) is 38.0. The Morgan fingerprint density at radius 2 is 0.914 bits per heavy atom. The summed E-state index contributed by atoms with van der Waals surface area (Å²) in [6, 6.07) is 0. The van der Waals surface area contributed by atoms with Crippen molar-refractivity contribution >= 4 is 47.4 Å². The van der Waals surface area contributed by atoms with Crippen LogP contribution in [0.5, 0.6) is 0 Å². The van der Waals surface area contributed by atoms with Crippen LogP contribution in [0.2, 0.25) is 0 Å². The third kappa shape index (κ3) is 18.7. The number of hydrogen-bond donors (Lipinski definition) is 5. The van der Waals surface area contributed by atoms with Gasteiger partial charge in [0.15, 0.2) is 47.5 Å². The molecule has 0 bridgehead atoms. The zero-order chi connectivity index (χ0) is 60.5. The Bertz CT molecular complexity index is 2900. The van der Waals surface area contributed by atoms with Gasteiger partial charge in [-0.25, -0.2) is 9.59 Å². The third-order valence-electron chi connectivity index (χ3n) is 13.5. The summed E-state index contributed by atoms with van der Waals surface area (Å²) in [7, 11) is 1.14. The van der Waals surface area contributed by atoms with Gasteiger partial charge in [0.25, 0.3) is 0 Å². The number of aliphatic hydroxyl groups is 5. The van der Waals surface area contributed by atoms with Gasteiger partial charge in [-0.05, 0) is 74.7 Å². The summed E-state index contributed by atoms with van der Waals surface area (Å²) in [5, 5.41) is 49.4. The lowest BCUT2D eigenvalue weighted by molar-refractivity contribution is -0.160. The quantitative estimate of drug-likeness (QED) is 0.0329. The standard InChI is InChI=1S/C61H74O20/c1-34(18-14-20-36(3)22-24-40-38(5)50(68)44(30-60(40,7)8)78-48(66)28-26-46(64)76-32-42(62)55-52(70)53(71)58(73)80-55)16-12-13-17-35(2)19-15-21-37(4)23-25-41-39(6)51(69)45(31-61(41,9)10)79-49(67)29-27-47(65)77-33-43(63)56-54(72)57(75-11)59(74)81-56/h12-25,42-45,55-56,62-63,70-72H,26-33H2,1-11H3/b13-12+,18-14+,19-15+,24-22+,25-23+,34-16+,35-17+,36-20+,37-21+. The SMILES string of the molecule is COC1=C(O)C(C(O)COC(=O)CCC(=O)OC2CC(C)(C)C(/C=C/C(C)=C/C=C/C(C)=C/C=C/C=C(C)/C=C/C=C(C)/C=C/C3=C(C)C(=O)C(OC(=O)CCC(=O)OCC(O)C4OC(=O)C(O)=C4O)CC3(C)C)=C(C)C2=O)OC1=O. The van der Waals surface area contributed by atoms with Gasteiger partial charge >= 0.3 is 35.8 Å². The second-order valence-corrected chi connectivity index (χ2v) is 21.2. The monoisotopic (exact) mass is 1130 g/mol. The Morgan fingerprint density at radius 1 is 0.556 bits per heavy atom. The molecule has 0 aromatic heterocycles. The molecule has 0 aromatic carbocycles. The molecule has 438 valence electrons. The number of carbonyl (C=O) groups is 8. The van der Waals surface area contributed by atoms with E-state index in [4.69, 9.17) is 28.4 Å². The Kier molecular flexibility index (Phi) is 23.7. The molecule has 0 aromatic rings. The summed E-state index contributed by atoms with van der Waals surface area (Å²) in [5.74, 6) is -9.24. The van der Waals surface area contributed by atoms with Crippen LogP contribution in [0.1, 0.15) is 108 Å². The van der Waals surface area contributed by atoms with Crippen LogP contribution in [0.3, 0.4) is 0 Å². The zero-order valence-corrected chi connectivity index (χ0v) is 47.6. The number of cyclic esters (lactones) is 2. The minimum Gasteiger partial charge on any atom is -0.505 e. The number of aliphatic hydroxyl groups excluding tert-OH is 5. The lowest BCUT2D eigenvalue weighted by atomic mass is 9.71. The number of esters is 6. The summed E-state index contributed by atoms with van der Waals surface area (Å²) in [5.41, 5.74) is 5.30. The molecule has 81 heavy (non-hydrogen) atoms. The molecular weight excluding hydrogens is 1050 g/mol. The maximum atomic E-state index is 13.4. The van der Waals surface area contributed by atoms with E-state index in [2.05, 4.69) is 4.74 Å². The molecule has 20 heteroatoms. The van der Waals surface area contributed by atoms with Crippen molar-refractivity contribution in [2.75, 3.05) is 20.3 Å². The molecule has 2 aliphatic carbocycles. The van der Waals surface area contributed by atoms with E-state index in [-0.39, 0.29) is 30.8 Å². The number of allylic oxidation sites excluding steroid dienone is 20. The van der Waals surface area contributed by atoms with Crippen LogP contribution < -0.4 is 0 Å². The van der Waals surface area contributed by atoms with Gasteiger partial charge in [0.05, 0.1) is 32.8 Å². The van der Waals surface area contributed by atoms with Crippen LogP contribution in [-0.4, -0.2) is 130 Å². The fourth-order valence-electron chi connectivity index (χ4n) is 8.91. The van der Waals surface area contributed by atoms with Crippen molar-refractivity contribution in [2.24, 2.45) is 10.8 Å². The molecule has 2 heterocycles. The minimum absolute atomic E-state index is 0.214. The van der Waals surface area contributed by atoms with Gasteiger partial charge in [0.1, 0.15) is 25.4 Å². The number of carbonyl (C=O) groups excluding carboxylic acids is 8. The summed E-state index contributed by atoms with van der Waals surface area (Å²) in [6.07, 6.45) is 17.5. The van der Waals surface area contributed by atoms with E-state index in [1.165, 1.54) is 0 Å².